The number of carbonyl (C=O) groups is 2. The van der Waals surface area contributed by atoms with Crippen molar-refractivity contribution in [2.45, 2.75) is 43.2 Å². The average molecular weight is 897 g/mol. The van der Waals surface area contributed by atoms with Crippen LogP contribution in [0.15, 0.2) is 182 Å². The summed E-state index contributed by atoms with van der Waals surface area (Å²) < 4.78 is 0. The van der Waals surface area contributed by atoms with E-state index in [0.29, 0.717) is 17.6 Å². The molecule has 2 aliphatic carbocycles. The largest absolute Gasteiger partial charge is 2.00 e. The molecule has 2 aliphatic rings. The molecule has 0 amide bonds. The molecule has 2 fully saturated rings. The quantitative estimate of drug-likeness (QED) is 0.111. The molecule has 1 atom stereocenters. The number of hydrogen-bond donors (Lipinski definition) is 1. The number of nitrogens with two attached hydrogens (primary N) is 1. The summed E-state index contributed by atoms with van der Waals surface area (Å²) in [5.74, 6) is -1.94. The Morgan fingerprint density at radius 3 is 0.860 bits per heavy atom. The van der Waals surface area contributed by atoms with Gasteiger partial charge in [-0.2, -0.15) is 0 Å². The Kier molecular flexibility index (Phi) is 17.8. The fraction of sp³-hybridized carbons (Fsp3) is 0.208. The molecule has 5 nitrogen and oxygen atoms in total. The van der Waals surface area contributed by atoms with Crippen molar-refractivity contribution >= 4 is 67.5 Å². The number of hydrogen-bond acceptors (Lipinski definition) is 5. The van der Waals surface area contributed by atoms with Crippen molar-refractivity contribution < 1.29 is 39.3 Å². The van der Waals surface area contributed by atoms with E-state index in [1.165, 1.54) is 31.8 Å². The smallest absolute Gasteiger partial charge is 0.550 e. The first-order chi connectivity index (χ1) is 27.4. The van der Waals surface area contributed by atoms with Crippen molar-refractivity contribution in [3.8, 4) is 0 Å². The Hall–Kier alpha value is -3.87. The maximum atomic E-state index is 9.65. The topological polar surface area (TPSA) is 106 Å². The maximum absolute atomic E-state index is 9.65. The number of aliphatic carboxylic acids is 2. The number of carboxylic acid groups (broad SMARTS) is 2. The second-order valence-electron chi connectivity index (χ2n) is 13.9. The zero-order valence-electron chi connectivity index (χ0n) is 31.8. The van der Waals surface area contributed by atoms with Crippen molar-refractivity contribution in [2.75, 3.05) is 6.54 Å². The van der Waals surface area contributed by atoms with Gasteiger partial charge >= 0.3 is 19.5 Å². The van der Waals surface area contributed by atoms with Gasteiger partial charge in [-0.25, -0.2) is 0 Å². The molecule has 0 aliphatic heterocycles. The monoisotopic (exact) mass is 897 g/mol. The van der Waals surface area contributed by atoms with Crippen LogP contribution in [0.2, 0.25) is 0 Å². The van der Waals surface area contributed by atoms with Crippen molar-refractivity contribution in [3.05, 3.63) is 182 Å². The molecule has 0 bridgehead atoms. The first kappa shape index (κ1) is 44.2. The third-order valence-electron chi connectivity index (χ3n) is 9.74. The van der Waals surface area contributed by atoms with Crippen molar-refractivity contribution in [2.24, 2.45) is 17.6 Å². The predicted octanol–water partition coefficient (Wildman–Crippen LogP) is 5.72. The van der Waals surface area contributed by atoms with Crippen LogP contribution < -0.4 is 47.8 Å². The fourth-order valence-corrected chi connectivity index (χ4v) is 17.1. The van der Waals surface area contributed by atoms with Gasteiger partial charge in [-0.15, -0.1) is 0 Å². The zero-order valence-corrected chi connectivity index (χ0v) is 36.2. The van der Waals surface area contributed by atoms with E-state index in [0.717, 1.165) is 32.1 Å². The molecule has 2 saturated carbocycles. The molecule has 0 radical (unpaired) electrons. The van der Waals surface area contributed by atoms with E-state index < -0.39 is 35.7 Å². The molecule has 6 aromatic carbocycles. The first-order valence-corrected chi connectivity index (χ1v) is 23.5. The molecule has 57 heavy (non-hydrogen) atoms. The van der Waals surface area contributed by atoms with E-state index >= 15 is 0 Å². The Morgan fingerprint density at radius 1 is 0.456 bits per heavy atom. The van der Waals surface area contributed by atoms with E-state index in [4.69, 9.17) is 5.73 Å². The summed E-state index contributed by atoms with van der Waals surface area (Å²) in [6.07, 6.45) is 4.38. The van der Waals surface area contributed by atoms with E-state index in [2.05, 4.69) is 182 Å². The van der Waals surface area contributed by atoms with Gasteiger partial charge in [0, 0.05) is 23.0 Å². The molecule has 9 heteroatoms. The van der Waals surface area contributed by atoms with E-state index in [9.17, 15) is 19.8 Å². The normalized spacial score (nSPS) is 13.8. The average Bonchev–Trinajstić information content (AvgIpc) is 4.18. The molecule has 6 aromatic rings. The Balaban J connectivity index is 0.000000407. The van der Waals surface area contributed by atoms with Crippen LogP contribution in [0.1, 0.15) is 32.1 Å². The molecule has 1 unspecified atom stereocenters. The summed E-state index contributed by atoms with van der Waals surface area (Å²) >= 11 is 0. The Morgan fingerprint density at radius 2 is 0.684 bits per heavy atom. The van der Waals surface area contributed by atoms with Crippen LogP contribution in [0, 0.1) is 11.8 Å². The Bertz CT molecular complexity index is 1840. The molecule has 2 N–H and O–H groups in total. The third-order valence-corrected chi connectivity index (χ3v) is 19.0. The summed E-state index contributed by atoms with van der Waals surface area (Å²) in [6, 6.07) is 67.2. The molecule has 0 saturated heterocycles. The minimum atomic E-state index is -0.880. The van der Waals surface area contributed by atoms with E-state index in [1.54, 1.807) is 0 Å². The second-order valence-corrected chi connectivity index (χ2v) is 21.6. The van der Waals surface area contributed by atoms with Gasteiger partial charge in [0.1, 0.15) is 0 Å². The van der Waals surface area contributed by atoms with Crippen molar-refractivity contribution in [1.29, 1.82) is 0 Å². The molecule has 292 valence electrons. The second kappa shape index (κ2) is 22.9. The summed E-state index contributed by atoms with van der Waals surface area (Å²) in [7, 11) is -2.11. The molecular weight excluding hydrogens is 849 g/mol. The minimum absolute atomic E-state index is 0. The van der Waals surface area contributed by atoms with E-state index in [1.807, 2.05) is 0 Å². The van der Waals surface area contributed by atoms with Crippen LogP contribution in [-0.4, -0.2) is 29.5 Å². The Labute approximate surface area is 354 Å². The van der Waals surface area contributed by atoms with Gasteiger partial charge in [0.2, 0.25) is 0 Å². The number of benzene rings is 6. The summed E-state index contributed by atoms with van der Waals surface area (Å²) in [4.78, 5) is 19.3. The molecule has 8 rings (SSSR count). The molecular formula is C48H48NO4P3Ru. The zero-order chi connectivity index (χ0) is 39.1. The van der Waals surface area contributed by atoms with Crippen LogP contribution >= 0.6 is 23.8 Å². The molecule has 0 heterocycles. The molecule has 0 aromatic heterocycles. The van der Waals surface area contributed by atoms with Gasteiger partial charge in [-0.1, -0.05) is 182 Å². The predicted molar refractivity (Wildman–Crippen MR) is 234 cm³/mol. The van der Waals surface area contributed by atoms with Crippen LogP contribution in [0.3, 0.4) is 0 Å². The van der Waals surface area contributed by atoms with Gasteiger partial charge in [0.15, 0.2) is 0 Å². The van der Waals surface area contributed by atoms with Gasteiger partial charge in [-0.3, -0.25) is 0 Å². The van der Waals surface area contributed by atoms with Crippen LogP contribution in [-0.2, 0) is 29.1 Å². The van der Waals surface area contributed by atoms with Crippen LogP contribution in [0.5, 0.6) is 0 Å². The fourth-order valence-electron chi connectivity index (χ4n) is 6.60. The number of carbonyl (C=O) groups excluding carboxylic acids is 2. The third kappa shape index (κ3) is 13.1. The standard InChI is InChI=1S/C40H38NP3.2C4H6O2.Ru/c41-32-39(42(33-19-7-1-8-20-33)34-21-9-2-10-22-34)31-40(43(35-23-11-3-12-24-35)36-25-13-4-14-26-36)44(37-27-15-5-16-28-37)38-29-17-6-18-30-38;2*5-4(6)3-1-2-3;/h1-30,39-40H,31-32,41H2;2*3H,1-2H2,(H,5,6);/q;;;+2/p-2. The van der Waals surface area contributed by atoms with Gasteiger partial charge in [0.05, 0.1) is 0 Å². The van der Waals surface area contributed by atoms with Gasteiger partial charge in [0.25, 0.3) is 0 Å². The van der Waals surface area contributed by atoms with Gasteiger partial charge < -0.3 is 25.5 Å². The van der Waals surface area contributed by atoms with Crippen LogP contribution in [0.25, 0.3) is 0 Å². The van der Waals surface area contributed by atoms with E-state index in [-0.39, 0.29) is 31.3 Å². The summed E-state index contributed by atoms with van der Waals surface area (Å²) in [5.41, 5.74) is 7.20. The summed E-state index contributed by atoms with van der Waals surface area (Å²) in [6.45, 7) is 0.644. The maximum Gasteiger partial charge on any atom is 2.00 e. The number of rotatable bonds is 14. The van der Waals surface area contributed by atoms with Gasteiger partial charge in [-0.05, 0) is 106 Å². The van der Waals surface area contributed by atoms with Crippen molar-refractivity contribution in [1.82, 2.24) is 0 Å². The van der Waals surface area contributed by atoms with Crippen molar-refractivity contribution in [3.63, 3.8) is 0 Å². The first-order valence-electron chi connectivity index (χ1n) is 19.2. The number of carboxylic acids is 2. The minimum Gasteiger partial charge on any atom is -0.550 e. The molecule has 0 spiro atoms. The van der Waals surface area contributed by atoms with Crippen LogP contribution in [0.4, 0.5) is 0 Å². The SMILES string of the molecule is NCC(CC(P(c1ccccc1)c1ccccc1)P(c1ccccc1)c1ccccc1)P(c1ccccc1)c1ccccc1.O=C([O-])C1CC1.O=C([O-])C1CC1.[Ru+2]. The summed E-state index contributed by atoms with van der Waals surface area (Å²) in [5, 5.41) is 28.2.